The van der Waals surface area contributed by atoms with E-state index in [1.165, 1.54) is 19.3 Å². The average molecular weight is 287 g/mol. The molecule has 0 radical (unpaired) electrons. The van der Waals surface area contributed by atoms with Crippen LogP contribution in [0.1, 0.15) is 32.6 Å². The molecule has 1 N–H and O–H groups in total. The maximum atomic E-state index is 11.8. The van der Waals surface area contributed by atoms with Crippen LogP contribution >= 0.6 is 11.6 Å². The Morgan fingerprint density at radius 3 is 2.63 bits per heavy atom. The SMILES string of the molecule is CC(Cl)C(=O)N[C@@H]1C[C@@H](N2CCOCC2)C12CCC2. The summed E-state index contributed by atoms with van der Waals surface area (Å²) in [7, 11) is 0. The van der Waals surface area contributed by atoms with Gasteiger partial charge in [-0.25, -0.2) is 0 Å². The van der Waals surface area contributed by atoms with E-state index in [0.717, 1.165) is 32.7 Å². The van der Waals surface area contributed by atoms with Crippen LogP contribution in [0.15, 0.2) is 0 Å². The van der Waals surface area contributed by atoms with Crippen LogP contribution in [0, 0.1) is 5.41 Å². The monoisotopic (exact) mass is 286 g/mol. The Morgan fingerprint density at radius 2 is 2.11 bits per heavy atom. The van der Waals surface area contributed by atoms with Gasteiger partial charge >= 0.3 is 0 Å². The lowest BCUT2D eigenvalue weighted by atomic mass is 9.49. The number of nitrogens with zero attached hydrogens (tertiary/aromatic N) is 1. The molecule has 1 saturated heterocycles. The van der Waals surface area contributed by atoms with Crippen LogP contribution in [0.4, 0.5) is 0 Å². The minimum absolute atomic E-state index is 0.0154. The van der Waals surface area contributed by atoms with Crippen molar-refractivity contribution in [3.05, 3.63) is 0 Å². The zero-order valence-electron chi connectivity index (χ0n) is 11.5. The molecular formula is C14H23ClN2O2. The van der Waals surface area contributed by atoms with E-state index in [1.54, 1.807) is 6.92 Å². The molecule has 0 aromatic rings. The first-order valence-electron chi connectivity index (χ1n) is 7.40. The van der Waals surface area contributed by atoms with Gasteiger partial charge in [-0.15, -0.1) is 11.6 Å². The van der Waals surface area contributed by atoms with Gasteiger partial charge in [-0.2, -0.15) is 0 Å². The van der Waals surface area contributed by atoms with Crippen molar-refractivity contribution in [1.82, 2.24) is 10.2 Å². The van der Waals surface area contributed by atoms with Gasteiger partial charge in [-0.3, -0.25) is 9.69 Å². The predicted molar refractivity (Wildman–Crippen MR) is 74.3 cm³/mol. The fraction of sp³-hybridized carbons (Fsp3) is 0.929. The molecule has 1 heterocycles. The second-order valence-corrected chi connectivity index (χ2v) is 6.82. The number of nitrogens with one attached hydrogen (secondary N) is 1. The van der Waals surface area contributed by atoms with E-state index in [1.807, 2.05) is 0 Å². The Morgan fingerprint density at radius 1 is 1.42 bits per heavy atom. The fourth-order valence-corrected chi connectivity index (χ4v) is 3.99. The van der Waals surface area contributed by atoms with Gasteiger partial charge in [0.15, 0.2) is 0 Å². The van der Waals surface area contributed by atoms with Crippen molar-refractivity contribution in [3.63, 3.8) is 0 Å². The molecule has 0 bridgehead atoms. The molecule has 1 amide bonds. The number of morpholine rings is 1. The number of amides is 1. The zero-order chi connectivity index (χ0) is 13.5. The summed E-state index contributed by atoms with van der Waals surface area (Å²) in [6, 6.07) is 0.976. The third-order valence-electron chi connectivity index (χ3n) is 5.27. The van der Waals surface area contributed by atoms with Gasteiger partial charge < -0.3 is 10.1 Å². The predicted octanol–water partition coefficient (Wildman–Crippen LogP) is 1.37. The number of hydrogen-bond acceptors (Lipinski definition) is 3. The molecule has 1 spiro atoms. The Labute approximate surface area is 119 Å². The van der Waals surface area contributed by atoms with Gasteiger partial charge in [-0.05, 0) is 26.2 Å². The zero-order valence-corrected chi connectivity index (χ0v) is 12.3. The largest absolute Gasteiger partial charge is 0.379 e. The lowest BCUT2D eigenvalue weighted by molar-refractivity contribution is -0.146. The van der Waals surface area contributed by atoms with Gasteiger partial charge in [-0.1, -0.05) is 6.42 Å². The molecule has 4 nitrogen and oxygen atoms in total. The third kappa shape index (κ3) is 2.28. The Bertz CT molecular complexity index is 351. The van der Waals surface area contributed by atoms with Crippen molar-refractivity contribution in [3.8, 4) is 0 Å². The smallest absolute Gasteiger partial charge is 0.238 e. The quantitative estimate of drug-likeness (QED) is 0.797. The number of hydrogen-bond donors (Lipinski definition) is 1. The van der Waals surface area contributed by atoms with E-state index in [4.69, 9.17) is 16.3 Å². The van der Waals surface area contributed by atoms with E-state index in [2.05, 4.69) is 10.2 Å². The standard InChI is InChI=1S/C14H23ClN2O2/c1-10(15)13(18)16-11-9-12(14(11)3-2-4-14)17-5-7-19-8-6-17/h10-12H,2-9H2,1H3,(H,16,18)/t10?,11-,12-/m1/s1. The molecule has 3 fully saturated rings. The Kier molecular flexibility index (Phi) is 3.76. The molecule has 3 aliphatic rings. The van der Waals surface area contributed by atoms with E-state index in [-0.39, 0.29) is 5.91 Å². The van der Waals surface area contributed by atoms with Crippen molar-refractivity contribution in [2.75, 3.05) is 26.3 Å². The summed E-state index contributed by atoms with van der Waals surface area (Å²) >= 11 is 5.85. The number of rotatable bonds is 3. The van der Waals surface area contributed by atoms with Crippen LogP contribution in [0.5, 0.6) is 0 Å². The van der Waals surface area contributed by atoms with Crippen LogP contribution in [0.3, 0.4) is 0 Å². The first-order valence-corrected chi connectivity index (χ1v) is 7.83. The summed E-state index contributed by atoms with van der Waals surface area (Å²) in [5, 5.41) is 2.72. The van der Waals surface area contributed by atoms with Gasteiger partial charge in [0.1, 0.15) is 5.38 Å². The van der Waals surface area contributed by atoms with Gasteiger partial charge in [0.05, 0.1) is 13.2 Å². The normalized spacial score (nSPS) is 35.3. The number of ether oxygens (including phenoxy) is 1. The van der Waals surface area contributed by atoms with Crippen molar-refractivity contribution < 1.29 is 9.53 Å². The number of carbonyl (C=O) groups excluding carboxylic acids is 1. The summed E-state index contributed by atoms with van der Waals surface area (Å²) in [5.41, 5.74) is 0.332. The van der Waals surface area contributed by atoms with Crippen molar-refractivity contribution in [1.29, 1.82) is 0 Å². The van der Waals surface area contributed by atoms with Gasteiger partial charge in [0, 0.05) is 30.6 Å². The maximum Gasteiger partial charge on any atom is 0.238 e. The summed E-state index contributed by atoms with van der Waals surface area (Å²) < 4.78 is 5.43. The Hall–Kier alpha value is -0.320. The second kappa shape index (κ2) is 5.23. The highest BCUT2D eigenvalue weighted by molar-refractivity contribution is 6.30. The summed E-state index contributed by atoms with van der Waals surface area (Å²) in [6.07, 6.45) is 4.87. The van der Waals surface area contributed by atoms with Crippen LogP contribution in [-0.4, -0.2) is 54.6 Å². The molecule has 3 rings (SSSR count). The van der Waals surface area contributed by atoms with E-state index in [0.29, 0.717) is 17.5 Å². The molecular weight excluding hydrogens is 264 g/mol. The maximum absolute atomic E-state index is 11.8. The van der Waals surface area contributed by atoms with Crippen molar-refractivity contribution >= 4 is 17.5 Å². The molecule has 5 heteroatoms. The molecule has 19 heavy (non-hydrogen) atoms. The number of carbonyl (C=O) groups is 1. The topological polar surface area (TPSA) is 41.6 Å². The van der Waals surface area contributed by atoms with E-state index in [9.17, 15) is 4.79 Å². The number of alkyl halides is 1. The Balaban J connectivity index is 1.62. The summed E-state index contributed by atoms with van der Waals surface area (Å²) in [6.45, 7) is 5.52. The van der Waals surface area contributed by atoms with Crippen LogP contribution in [-0.2, 0) is 9.53 Å². The third-order valence-corrected chi connectivity index (χ3v) is 5.46. The molecule has 1 unspecified atom stereocenters. The highest BCUT2D eigenvalue weighted by Crippen LogP contribution is 2.57. The lowest BCUT2D eigenvalue weighted by Gasteiger charge is -2.64. The minimum atomic E-state index is -0.431. The highest BCUT2D eigenvalue weighted by Gasteiger charge is 2.60. The minimum Gasteiger partial charge on any atom is -0.379 e. The average Bonchev–Trinajstić information content (AvgIpc) is 2.32. The van der Waals surface area contributed by atoms with Crippen molar-refractivity contribution in [2.45, 2.75) is 50.1 Å². The first-order chi connectivity index (χ1) is 9.13. The van der Waals surface area contributed by atoms with Gasteiger partial charge in [0.2, 0.25) is 5.91 Å². The molecule has 0 aromatic carbocycles. The van der Waals surface area contributed by atoms with Crippen LogP contribution < -0.4 is 5.32 Å². The molecule has 2 saturated carbocycles. The lowest BCUT2D eigenvalue weighted by Crippen LogP contribution is -2.72. The van der Waals surface area contributed by atoms with Crippen molar-refractivity contribution in [2.24, 2.45) is 5.41 Å². The van der Waals surface area contributed by atoms with Crippen LogP contribution in [0.2, 0.25) is 0 Å². The number of halogens is 1. The highest BCUT2D eigenvalue weighted by atomic mass is 35.5. The second-order valence-electron chi connectivity index (χ2n) is 6.16. The molecule has 3 atom stereocenters. The molecule has 1 aliphatic heterocycles. The first kappa shape index (κ1) is 13.7. The molecule has 2 aliphatic carbocycles. The van der Waals surface area contributed by atoms with Crippen LogP contribution in [0.25, 0.3) is 0 Å². The van der Waals surface area contributed by atoms with Gasteiger partial charge in [0.25, 0.3) is 0 Å². The molecule has 0 aromatic heterocycles. The molecule has 108 valence electrons. The van der Waals surface area contributed by atoms with E-state index >= 15 is 0 Å². The summed E-state index contributed by atoms with van der Waals surface area (Å²) in [4.78, 5) is 14.3. The fourth-order valence-electron chi connectivity index (χ4n) is 3.92. The summed E-state index contributed by atoms with van der Waals surface area (Å²) in [5.74, 6) is -0.0154. The van der Waals surface area contributed by atoms with E-state index < -0.39 is 5.38 Å².